The van der Waals surface area contributed by atoms with Crippen LogP contribution >= 0.6 is 0 Å². The van der Waals surface area contributed by atoms with Crippen molar-refractivity contribution < 1.29 is 30.0 Å². The molecule has 5 aromatic rings. The van der Waals surface area contributed by atoms with Crippen LogP contribution in [-0.4, -0.2) is 87.4 Å². The fourth-order valence-corrected chi connectivity index (χ4v) is 15.2. The van der Waals surface area contributed by atoms with Crippen molar-refractivity contribution in [2.45, 2.75) is 115 Å². The summed E-state index contributed by atoms with van der Waals surface area (Å²) in [5, 5.41) is 17.5. The van der Waals surface area contributed by atoms with E-state index in [0.717, 1.165) is 25.5 Å². The SMILES string of the molecule is CCCCC(CS(C)(=O)=O)S(=O)(=O)CC(CCCCn1cc(COCCCCc2ccc3ccc4cccc5ccc2c3c45)nn1)S(=O)(=O)CC(C)CCCCN=[N+]=[N-]. The first kappa shape index (κ1) is 46.2. The van der Waals surface area contributed by atoms with Crippen LogP contribution in [0.5, 0.6) is 0 Å². The van der Waals surface area contributed by atoms with Crippen molar-refractivity contribution in [3.63, 3.8) is 0 Å². The molecule has 16 heteroatoms. The third kappa shape index (κ3) is 13.6. The Labute approximate surface area is 350 Å². The minimum absolute atomic E-state index is 0.129. The maximum absolute atomic E-state index is 13.8. The number of azide groups is 1. The molecule has 0 fully saturated rings. The van der Waals surface area contributed by atoms with E-state index in [9.17, 15) is 25.3 Å². The highest BCUT2D eigenvalue weighted by Gasteiger charge is 2.36. The van der Waals surface area contributed by atoms with Crippen molar-refractivity contribution in [1.82, 2.24) is 15.0 Å². The number of benzene rings is 4. The molecule has 322 valence electrons. The molecule has 4 aromatic carbocycles. The van der Waals surface area contributed by atoms with Crippen molar-refractivity contribution in [3.8, 4) is 0 Å². The highest BCUT2D eigenvalue weighted by atomic mass is 32.2. The number of aromatic nitrogens is 3. The standard InChI is InChI=1S/C43H60N6O7S3/c1-4-5-17-39(31-57(3,50)51)59(54,55)32-40(58(52,53)30-33(2)13-6-9-25-45-47-44)18-7-10-26-49-28-38(46-48-49)29-56-27-11-8-14-34-19-20-37-22-21-35-15-12-16-36-23-24-41(34)43(37)42(35)36/h12,15-16,19-24,28,33,39-40H,4-11,13-14,17-18,25-27,29-32H2,1-3H3. The van der Waals surface area contributed by atoms with Gasteiger partial charge in [-0.3, -0.25) is 4.68 Å². The zero-order valence-corrected chi connectivity index (χ0v) is 37.2. The summed E-state index contributed by atoms with van der Waals surface area (Å²) in [6, 6.07) is 19.8. The van der Waals surface area contributed by atoms with Crippen molar-refractivity contribution in [3.05, 3.63) is 82.5 Å². The maximum atomic E-state index is 13.8. The predicted octanol–water partition coefficient (Wildman–Crippen LogP) is 8.80. The van der Waals surface area contributed by atoms with Gasteiger partial charge in [-0.1, -0.05) is 104 Å². The van der Waals surface area contributed by atoms with Crippen LogP contribution in [0.4, 0.5) is 0 Å². The molecule has 0 saturated carbocycles. The lowest BCUT2D eigenvalue weighted by atomic mass is 9.91. The normalized spacial score (nSPS) is 14.2. The molecule has 0 bridgehead atoms. The molecule has 1 heterocycles. The lowest BCUT2D eigenvalue weighted by molar-refractivity contribution is 0.114. The molecular weight excluding hydrogens is 809 g/mol. The van der Waals surface area contributed by atoms with E-state index in [0.29, 0.717) is 76.9 Å². The third-order valence-corrected chi connectivity index (χ3v) is 17.4. The number of nitrogens with zero attached hydrogens (tertiary/aromatic N) is 6. The summed E-state index contributed by atoms with van der Waals surface area (Å²) in [7, 11) is -11.5. The van der Waals surface area contributed by atoms with Gasteiger partial charge >= 0.3 is 0 Å². The molecule has 0 N–H and O–H groups in total. The van der Waals surface area contributed by atoms with Crippen LogP contribution in [0.2, 0.25) is 0 Å². The fraction of sp³-hybridized carbons (Fsp3) is 0.581. The van der Waals surface area contributed by atoms with E-state index in [4.69, 9.17) is 10.3 Å². The minimum atomic E-state index is -4.05. The molecule has 0 aliphatic carbocycles. The van der Waals surface area contributed by atoms with E-state index in [2.05, 4.69) is 74.9 Å². The van der Waals surface area contributed by atoms with Gasteiger partial charge in [0.1, 0.15) is 15.5 Å². The summed E-state index contributed by atoms with van der Waals surface area (Å²) >= 11 is 0. The smallest absolute Gasteiger partial charge is 0.155 e. The second-order valence-corrected chi connectivity index (χ2v) is 23.1. The first-order chi connectivity index (χ1) is 28.2. The fourth-order valence-electron chi connectivity index (χ4n) is 8.10. The summed E-state index contributed by atoms with van der Waals surface area (Å²) < 4.78 is 87.0. The van der Waals surface area contributed by atoms with Crippen LogP contribution in [0.3, 0.4) is 0 Å². The Hall–Kier alpha value is -3.82. The van der Waals surface area contributed by atoms with Gasteiger partial charge in [-0.15, -0.1) is 5.10 Å². The first-order valence-corrected chi connectivity index (χ1v) is 26.4. The molecule has 3 atom stereocenters. The topological polar surface area (TPSA) is 191 Å². The Morgan fingerprint density at radius 3 is 2.15 bits per heavy atom. The maximum Gasteiger partial charge on any atom is 0.155 e. The van der Waals surface area contributed by atoms with Gasteiger partial charge in [-0.2, -0.15) is 0 Å². The summed E-state index contributed by atoms with van der Waals surface area (Å²) in [5.41, 5.74) is 10.5. The van der Waals surface area contributed by atoms with Crippen molar-refractivity contribution >= 4 is 61.8 Å². The van der Waals surface area contributed by atoms with Crippen molar-refractivity contribution in [1.29, 1.82) is 0 Å². The number of hydrogen-bond donors (Lipinski definition) is 0. The van der Waals surface area contributed by atoms with Crippen molar-refractivity contribution in [2.75, 3.05) is 36.7 Å². The Morgan fingerprint density at radius 1 is 0.763 bits per heavy atom. The lowest BCUT2D eigenvalue weighted by Gasteiger charge is -2.23. The Morgan fingerprint density at radius 2 is 1.42 bits per heavy atom. The Balaban J connectivity index is 1.10. The molecule has 0 radical (unpaired) electrons. The first-order valence-electron chi connectivity index (χ1n) is 20.9. The number of ether oxygens (including phenoxy) is 1. The summed E-state index contributed by atoms with van der Waals surface area (Å²) in [6.07, 6.45) is 10.1. The van der Waals surface area contributed by atoms with Crippen molar-refractivity contribution in [2.24, 2.45) is 11.0 Å². The van der Waals surface area contributed by atoms with Gasteiger partial charge in [0.05, 0.1) is 40.6 Å². The van der Waals surface area contributed by atoms with E-state index < -0.39 is 51.5 Å². The van der Waals surface area contributed by atoms with Gasteiger partial charge in [-0.25, -0.2) is 25.3 Å². The van der Waals surface area contributed by atoms with Crippen LogP contribution in [0.25, 0.3) is 42.8 Å². The monoisotopic (exact) mass is 868 g/mol. The van der Waals surface area contributed by atoms with Gasteiger partial charge < -0.3 is 4.74 Å². The molecule has 0 aliphatic heterocycles. The molecule has 0 amide bonds. The van der Waals surface area contributed by atoms with Crippen LogP contribution in [-0.2, 0) is 53.8 Å². The minimum Gasteiger partial charge on any atom is -0.375 e. The zero-order valence-electron chi connectivity index (χ0n) is 34.7. The molecule has 0 aliphatic rings. The average molecular weight is 869 g/mol. The van der Waals surface area contributed by atoms with Gasteiger partial charge in [0.2, 0.25) is 0 Å². The Kier molecular flexibility index (Phi) is 17.0. The highest BCUT2D eigenvalue weighted by molar-refractivity contribution is 7.97. The summed E-state index contributed by atoms with van der Waals surface area (Å²) in [4.78, 5) is 2.74. The largest absolute Gasteiger partial charge is 0.375 e. The van der Waals surface area contributed by atoms with Crippen LogP contribution in [0.15, 0.2) is 65.9 Å². The summed E-state index contributed by atoms with van der Waals surface area (Å²) in [5.74, 6) is -1.53. The molecular formula is C43H60N6O7S3. The predicted molar refractivity (Wildman–Crippen MR) is 238 cm³/mol. The molecule has 5 rings (SSSR count). The molecule has 59 heavy (non-hydrogen) atoms. The average Bonchev–Trinajstić information content (AvgIpc) is 3.65. The molecule has 0 saturated heterocycles. The number of unbranched alkanes of at least 4 members (excludes halogenated alkanes) is 4. The molecule has 3 unspecified atom stereocenters. The number of hydrogen-bond acceptors (Lipinski definition) is 10. The number of sulfone groups is 3. The highest BCUT2D eigenvalue weighted by Crippen LogP contribution is 2.36. The van der Waals surface area contributed by atoms with Crippen LogP contribution in [0.1, 0.15) is 95.7 Å². The van der Waals surface area contributed by atoms with Crippen LogP contribution < -0.4 is 0 Å². The van der Waals surface area contributed by atoms with E-state index in [1.807, 2.05) is 20.0 Å². The van der Waals surface area contributed by atoms with Gasteiger partial charge in [-0.05, 0) is 101 Å². The second kappa shape index (κ2) is 21.6. The van der Waals surface area contributed by atoms with E-state index >= 15 is 0 Å². The van der Waals surface area contributed by atoms with E-state index in [1.54, 1.807) is 4.68 Å². The van der Waals surface area contributed by atoms with Gasteiger partial charge in [0, 0.05) is 30.9 Å². The lowest BCUT2D eigenvalue weighted by Crippen LogP contribution is -2.39. The molecule has 13 nitrogen and oxygen atoms in total. The Bertz CT molecular complexity index is 2490. The van der Waals surface area contributed by atoms with E-state index in [1.165, 1.54) is 37.9 Å². The third-order valence-electron chi connectivity index (χ3n) is 11.2. The van der Waals surface area contributed by atoms with Gasteiger partial charge in [0.25, 0.3) is 0 Å². The molecule has 0 spiro atoms. The quantitative estimate of drug-likeness (QED) is 0.0155. The summed E-state index contributed by atoms with van der Waals surface area (Å²) in [6.45, 7) is 5.45. The second-order valence-electron chi connectivity index (χ2n) is 16.3. The number of rotatable bonds is 28. The van der Waals surface area contributed by atoms with E-state index in [-0.39, 0.29) is 24.5 Å². The number of aryl methyl sites for hydroxylation is 2. The van der Waals surface area contributed by atoms with Gasteiger partial charge in [0.15, 0.2) is 19.7 Å². The molecule has 1 aromatic heterocycles. The zero-order chi connectivity index (χ0) is 42.5. The van der Waals surface area contributed by atoms with Crippen LogP contribution in [0, 0.1) is 5.92 Å².